The Labute approximate surface area is 187 Å². The minimum absolute atomic E-state index is 0.174. The molecule has 0 spiro atoms. The molecule has 31 heavy (non-hydrogen) atoms. The lowest BCUT2D eigenvalue weighted by Gasteiger charge is -2.33. The van der Waals surface area contributed by atoms with Crippen LogP contribution in [0, 0.1) is 17.2 Å². The van der Waals surface area contributed by atoms with Gasteiger partial charge in [-0.1, -0.05) is 54.0 Å². The van der Waals surface area contributed by atoms with E-state index in [2.05, 4.69) is 20.7 Å². The van der Waals surface area contributed by atoms with Gasteiger partial charge in [0.2, 0.25) is 5.91 Å². The first-order chi connectivity index (χ1) is 14.5. The van der Waals surface area contributed by atoms with Gasteiger partial charge in [-0.2, -0.15) is 5.26 Å². The van der Waals surface area contributed by atoms with Gasteiger partial charge in [0.05, 0.1) is 18.2 Å². The normalized spacial score (nSPS) is 13.4. The molecule has 0 unspecified atom stereocenters. The van der Waals surface area contributed by atoms with E-state index in [0.717, 1.165) is 4.47 Å². The number of carbonyl (C=O) groups is 1. The lowest BCUT2D eigenvalue weighted by Crippen LogP contribution is -2.46. The first kappa shape index (κ1) is 24.7. The van der Waals surface area contributed by atoms with Crippen LogP contribution in [-0.2, 0) is 4.79 Å². The summed E-state index contributed by atoms with van der Waals surface area (Å²) in [6.45, 7) is 3.65. The van der Waals surface area contributed by atoms with Gasteiger partial charge in [-0.25, -0.2) is 0 Å². The minimum atomic E-state index is -4.81. The average Bonchev–Trinajstić information content (AvgIpc) is 2.68. The van der Waals surface area contributed by atoms with Crippen LogP contribution in [0.4, 0.5) is 13.2 Å². The fraction of sp³-hybridized carbons (Fsp3) is 0.364. The quantitative estimate of drug-likeness (QED) is 0.510. The van der Waals surface area contributed by atoms with Crippen LogP contribution >= 0.6 is 15.9 Å². The van der Waals surface area contributed by atoms with E-state index < -0.39 is 24.4 Å². The number of nitriles is 1. The molecule has 1 amide bonds. The maximum atomic E-state index is 13.1. The van der Waals surface area contributed by atoms with Gasteiger partial charge >= 0.3 is 6.36 Å². The topological polar surface area (TPSA) is 79.4 Å². The molecule has 0 saturated heterocycles. The lowest BCUT2D eigenvalue weighted by molar-refractivity contribution is -0.274. The number of nitrogens with two attached hydrogens (primary N) is 1. The summed E-state index contributed by atoms with van der Waals surface area (Å²) in [5.41, 5.74) is 7.32. The van der Waals surface area contributed by atoms with Crippen LogP contribution in [0.1, 0.15) is 37.4 Å². The van der Waals surface area contributed by atoms with E-state index in [4.69, 9.17) is 5.73 Å². The highest BCUT2D eigenvalue weighted by molar-refractivity contribution is 9.10. The maximum Gasteiger partial charge on any atom is 0.573 e. The Kier molecular flexibility index (Phi) is 8.48. The number of nitrogens with zero attached hydrogens (tertiary/aromatic N) is 2. The standard InChI is InChI=1S/C22H23BrF3N3O2/c1-14(2)13-19(28)21(30)29(12-11-27)20(15-3-7-17(23)8-4-15)16-5-9-18(10-6-16)31-22(24,25)26/h3-10,14,19-20H,12-13,28H2,1-2H3/t19-,20-/m0/s1. The third-order valence-corrected chi connectivity index (χ3v) is 5.02. The molecule has 2 rings (SSSR count). The van der Waals surface area contributed by atoms with Crippen molar-refractivity contribution >= 4 is 21.8 Å². The van der Waals surface area contributed by atoms with Gasteiger partial charge in [-0.15, -0.1) is 13.2 Å². The molecule has 2 N–H and O–H groups in total. The number of rotatable bonds is 8. The molecule has 5 nitrogen and oxygen atoms in total. The molecule has 0 aliphatic carbocycles. The number of halogens is 4. The fourth-order valence-electron chi connectivity index (χ4n) is 3.24. The van der Waals surface area contributed by atoms with Crippen LogP contribution in [0.3, 0.4) is 0 Å². The molecular weight excluding hydrogens is 475 g/mol. The SMILES string of the molecule is CC(C)C[C@H](N)C(=O)N(CC#N)[C@@H](c1ccc(Br)cc1)c1ccc(OC(F)(F)F)cc1. The smallest absolute Gasteiger partial charge is 0.406 e. The molecule has 2 atom stereocenters. The molecule has 0 bridgehead atoms. The summed E-state index contributed by atoms with van der Waals surface area (Å²) >= 11 is 3.36. The average molecular weight is 498 g/mol. The number of benzene rings is 2. The van der Waals surface area contributed by atoms with Crippen LogP contribution in [-0.4, -0.2) is 29.8 Å². The van der Waals surface area contributed by atoms with Crippen LogP contribution in [0.15, 0.2) is 53.0 Å². The van der Waals surface area contributed by atoms with Crippen molar-refractivity contribution in [3.63, 3.8) is 0 Å². The van der Waals surface area contributed by atoms with Crippen molar-refractivity contribution in [3.05, 3.63) is 64.1 Å². The highest BCUT2D eigenvalue weighted by atomic mass is 79.9. The summed E-state index contributed by atoms with van der Waals surface area (Å²) in [4.78, 5) is 14.5. The molecule has 0 aliphatic rings. The first-order valence-corrected chi connectivity index (χ1v) is 10.3. The molecular formula is C22H23BrF3N3O2. The number of hydrogen-bond acceptors (Lipinski definition) is 4. The number of alkyl halides is 3. The molecule has 2 aromatic carbocycles. The first-order valence-electron chi connectivity index (χ1n) is 9.56. The number of ether oxygens (including phenoxy) is 1. The Hall–Kier alpha value is -2.57. The fourth-order valence-corrected chi connectivity index (χ4v) is 3.51. The van der Waals surface area contributed by atoms with Crippen LogP contribution in [0.5, 0.6) is 5.75 Å². The van der Waals surface area contributed by atoms with Gasteiger partial charge in [-0.3, -0.25) is 4.79 Å². The van der Waals surface area contributed by atoms with Gasteiger partial charge < -0.3 is 15.4 Å². The predicted octanol–water partition coefficient (Wildman–Crippen LogP) is 5.16. The molecule has 0 radical (unpaired) electrons. The Morgan fingerprint density at radius 1 is 1.13 bits per heavy atom. The van der Waals surface area contributed by atoms with Crippen molar-refractivity contribution in [2.45, 2.75) is 38.7 Å². The third-order valence-electron chi connectivity index (χ3n) is 4.49. The molecule has 0 saturated carbocycles. The number of amides is 1. The summed E-state index contributed by atoms with van der Waals surface area (Å²) in [6.07, 6.45) is -4.37. The van der Waals surface area contributed by atoms with Crippen molar-refractivity contribution in [1.29, 1.82) is 5.26 Å². The molecule has 166 valence electrons. The summed E-state index contributed by atoms with van der Waals surface area (Å²) in [6, 6.07) is 12.9. The van der Waals surface area contributed by atoms with Gasteiger partial charge in [-0.05, 0) is 47.7 Å². The Morgan fingerprint density at radius 2 is 1.65 bits per heavy atom. The van der Waals surface area contributed by atoms with Crippen molar-refractivity contribution in [2.24, 2.45) is 11.7 Å². The number of hydrogen-bond donors (Lipinski definition) is 1. The minimum Gasteiger partial charge on any atom is -0.406 e. The van der Waals surface area contributed by atoms with Crippen molar-refractivity contribution in [3.8, 4) is 11.8 Å². The van der Waals surface area contributed by atoms with Crippen molar-refractivity contribution in [2.75, 3.05) is 6.54 Å². The second kappa shape index (κ2) is 10.6. The van der Waals surface area contributed by atoms with Crippen LogP contribution < -0.4 is 10.5 Å². The zero-order chi connectivity index (χ0) is 23.2. The largest absolute Gasteiger partial charge is 0.573 e. The summed E-state index contributed by atoms with van der Waals surface area (Å²) in [5.74, 6) is -0.605. The van der Waals surface area contributed by atoms with E-state index in [0.29, 0.717) is 17.5 Å². The maximum absolute atomic E-state index is 13.1. The zero-order valence-electron chi connectivity index (χ0n) is 17.1. The molecule has 0 aliphatic heterocycles. The van der Waals surface area contributed by atoms with E-state index in [-0.39, 0.29) is 18.2 Å². The van der Waals surface area contributed by atoms with Crippen LogP contribution in [0.2, 0.25) is 0 Å². The predicted molar refractivity (Wildman–Crippen MR) is 114 cm³/mol. The van der Waals surface area contributed by atoms with Gasteiger partial charge in [0.25, 0.3) is 0 Å². The zero-order valence-corrected chi connectivity index (χ0v) is 18.7. The highest BCUT2D eigenvalue weighted by Crippen LogP contribution is 2.32. The molecule has 0 fully saturated rings. The highest BCUT2D eigenvalue weighted by Gasteiger charge is 2.32. The lowest BCUT2D eigenvalue weighted by atomic mass is 9.95. The number of carbonyl (C=O) groups excluding carboxylic acids is 1. The van der Waals surface area contributed by atoms with Crippen LogP contribution in [0.25, 0.3) is 0 Å². The second-order valence-corrected chi connectivity index (χ2v) is 8.35. The van der Waals surface area contributed by atoms with E-state index in [9.17, 15) is 23.2 Å². The van der Waals surface area contributed by atoms with E-state index in [1.807, 2.05) is 19.9 Å². The molecule has 2 aromatic rings. The summed E-state index contributed by atoms with van der Waals surface area (Å²) in [7, 11) is 0. The molecule has 0 heterocycles. The molecule has 0 aromatic heterocycles. The Balaban J connectivity index is 2.49. The van der Waals surface area contributed by atoms with E-state index in [1.165, 1.54) is 29.2 Å². The molecule has 9 heteroatoms. The second-order valence-electron chi connectivity index (χ2n) is 7.43. The monoisotopic (exact) mass is 497 g/mol. The Morgan fingerprint density at radius 3 is 2.10 bits per heavy atom. The van der Waals surface area contributed by atoms with Crippen molar-refractivity contribution in [1.82, 2.24) is 4.90 Å². The van der Waals surface area contributed by atoms with E-state index in [1.54, 1.807) is 24.3 Å². The van der Waals surface area contributed by atoms with Gasteiger partial charge in [0.1, 0.15) is 12.3 Å². The Bertz CT molecular complexity index is 910. The van der Waals surface area contributed by atoms with Gasteiger partial charge in [0, 0.05) is 4.47 Å². The van der Waals surface area contributed by atoms with E-state index >= 15 is 0 Å². The van der Waals surface area contributed by atoms with Gasteiger partial charge in [0.15, 0.2) is 0 Å². The van der Waals surface area contributed by atoms with Crippen molar-refractivity contribution < 1.29 is 22.7 Å². The summed E-state index contributed by atoms with van der Waals surface area (Å²) < 4.78 is 42.3. The third kappa shape index (κ3) is 7.26. The summed E-state index contributed by atoms with van der Waals surface area (Å²) in [5, 5.41) is 9.37.